The Balaban J connectivity index is 3.13. The number of ketones is 1. The highest BCUT2D eigenvalue weighted by molar-refractivity contribution is 8.00. The van der Waals surface area contributed by atoms with E-state index in [0.29, 0.717) is 10.5 Å². The van der Waals surface area contributed by atoms with E-state index in [-0.39, 0.29) is 22.4 Å². The summed E-state index contributed by atoms with van der Waals surface area (Å²) in [5.74, 6) is -0.291. The zero-order chi connectivity index (χ0) is 13.9. The van der Waals surface area contributed by atoms with E-state index in [9.17, 15) is 18.0 Å². The first kappa shape index (κ1) is 15.7. The molecule has 0 spiro atoms. The first-order chi connectivity index (χ1) is 8.24. The summed E-state index contributed by atoms with van der Waals surface area (Å²) in [5.41, 5.74) is -3.93. The minimum atomic E-state index is -4.35. The van der Waals surface area contributed by atoms with Gasteiger partial charge in [-0.1, -0.05) is 0 Å². The van der Waals surface area contributed by atoms with Gasteiger partial charge in [0.2, 0.25) is 0 Å². The van der Waals surface area contributed by atoms with Crippen LogP contribution in [0.15, 0.2) is 28.0 Å². The molecule has 0 N–H and O–H groups in total. The number of alkyl halides is 4. The number of benzene rings is 1. The van der Waals surface area contributed by atoms with E-state index in [0.717, 1.165) is 0 Å². The zero-order valence-corrected chi connectivity index (χ0v) is 11.9. The highest BCUT2D eigenvalue weighted by Crippen LogP contribution is 2.40. The zero-order valence-electron chi connectivity index (χ0n) is 9.55. The number of rotatable bonds is 4. The summed E-state index contributed by atoms with van der Waals surface area (Å²) < 4.78 is 36.8. The second kappa shape index (κ2) is 6.21. The maximum Gasteiger partial charge on any atom is 0.446 e. The van der Waals surface area contributed by atoms with Gasteiger partial charge in [-0.15, -0.1) is 23.4 Å². The summed E-state index contributed by atoms with van der Waals surface area (Å²) in [4.78, 5) is 12.0. The lowest BCUT2D eigenvalue weighted by Gasteiger charge is -2.13. The molecule has 0 aliphatic heterocycles. The molecule has 1 aromatic carbocycles. The Kier molecular flexibility index (Phi) is 5.43. The molecule has 0 saturated heterocycles. The third kappa shape index (κ3) is 4.40. The van der Waals surface area contributed by atoms with Gasteiger partial charge in [0.15, 0.2) is 5.78 Å². The predicted molar refractivity (Wildman–Crippen MR) is 69.4 cm³/mol. The van der Waals surface area contributed by atoms with Crippen molar-refractivity contribution in [1.29, 1.82) is 0 Å². The Hall–Kier alpha value is -0.330. The highest BCUT2D eigenvalue weighted by Gasteiger charge is 2.30. The van der Waals surface area contributed by atoms with E-state index in [1.54, 1.807) is 12.3 Å². The molecule has 0 aromatic heterocycles. The fraction of sp³-hybridized carbons (Fsp3) is 0.364. The maximum absolute atomic E-state index is 12.3. The van der Waals surface area contributed by atoms with Gasteiger partial charge in [-0.05, 0) is 48.7 Å². The number of carbonyl (C=O) groups excluding carboxylic acids is 1. The Bertz CT molecular complexity index is 448. The van der Waals surface area contributed by atoms with Crippen molar-refractivity contribution in [2.75, 3.05) is 6.26 Å². The Morgan fingerprint density at radius 2 is 2.00 bits per heavy atom. The Morgan fingerprint density at radius 1 is 1.39 bits per heavy atom. The third-order valence-corrected chi connectivity index (χ3v) is 4.14. The van der Waals surface area contributed by atoms with Crippen LogP contribution in [0.1, 0.15) is 17.9 Å². The monoisotopic (exact) mass is 314 g/mol. The number of carbonyl (C=O) groups is 1. The summed E-state index contributed by atoms with van der Waals surface area (Å²) in [6.07, 6.45) is 1.78. The standard InChI is InChI=1S/C11H10ClF3OS2/c1-6(16)10(12)8-5-7(18-11(13,14)15)3-4-9(8)17-2/h3-5,10H,1-2H3. The quantitative estimate of drug-likeness (QED) is 0.582. The Labute approximate surface area is 116 Å². The third-order valence-electron chi connectivity index (χ3n) is 2.06. The Morgan fingerprint density at radius 3 is 2.44 bits per heavy atom. The summed E-state index contributed by atoms with van der Waals surface area (Å²) in [6.45, 7) is 1.31. The van der Waals surface area contributed by atoms with Gasteiger partial charge >= 0.3 is 5.51 Å². The summed E-state index contributed by atoms with van der Waals surface area (Å²) in [6, 6.07) is 4.24. The molecular weight excluding hydrogens is 305 g/mol. The molecule has 0 amide bonds. The lowest BCUT2D eigenvalue weighted by atomic mass is 10.1. The van der Waals surface area contributed by atoms with E-state index in [1.807, 2.05) is 0 Å². The van der Waals surface area contributed by atoms with Gasteiger partial charge in [0.1, 0.15) is 5.38 Å². The minimum Gasteiger partial charge on any atom is -0.298 e. The number of hydrogen-bond acceptors (Lipinski definition) is 3. The molecule has 0 bridgehead atoms. The molecule has 0 aliphatic carbocycles. The van der Waals surface area contributed by atoms with Gasteiger partial charge in [-0.3, -0.25) is 4.79 Å². The predicted octanol–water partition coefficient (Wildman–Crippen LogP) is 4.89. The number of halogens is 4. The van der Waals surface area contributed by atoms with Crippen LogP contribution in [0.3, 0.4) is 0 Å². The van der Waals surface area contributed by atoms with Crippen LogP contribution in [-0.4, -0.2) is 17.5 Å². The van der Waals surface area contributed by atoms with Crippen molar-refractivity contribution in [3.8, 4) is 0 Å². The fourth-order valence-electron chi connectivity index (χ4n) is 1.33. The van der Waals surface area contributed by atoms with Gasteiger partial charge in [0.25, 0.3) is 0 Å². The van der Waals surface area contributed by atoms with Crippen LogP contribution in [0.5, 0.6) is 0 Å². The lowest BCUT2D eigenvalue weighted by molar-refractivity contribution is -0.116. The molecule has 1 rings (SSSR count). The van der Waals surface area contributed by atoms with Crippen molar-refractivity contribution >= 4 is 40.9 Å². The average molecular weight is 315 g/mol. The summed E-state index contributed by atoms with van der Waals surface area (Å²) >= 11 is 7.04. The van der Waals surface area contributed by atoms with Gasteiger partial charge in [-0.2, -0.15) is 13.2 Å². The van der Waals surface area contributed by atoms with Crippen LogP contribution in [0.25, 0.3) is 0 Å². The molecule has 7 heteroatoms. The summed E-state index contributed by atoms with van der Waals surface area (Å²) in [5, 5.41) is -0.916. The number of Topliss-reactive ketones (excluding diaryl/α,β-unsaturated/α-hetero) is 1. The van der Waals surface area contributed by atoms with Crippen molar-refractivity contribution in [3.05, 3.63) is 23.8 Å². The molecule has 0 heterocycles. The van der Waals surface area contributed by atoms with Crippen LogP contribution < -0.4 is 0 Å². The van der Waals surface area contributed by atoms with Gasteiger partial charge in [0.05, 0.1) is 0 Å². The van der Waals surface area contributed by atoms with Crippen molar-refractivity contribution in [3.63, 3.8) is 0 Å². The SMILES string of the molecule is CSc1ccc(SC(F)(F)F)cc1C(Cl)C(C)=O. The molecular formula is C11H10ClF3OS2. The van der Waals surface area contributed by atoms with Crippen LogP contribution >= 0.6 is 35.1 Å². The van der Waals surface area contributed by atoms with E-state index in [1.165, 1.54) is 30.8 Å². The normalized spacial score (nSPS) is 13.4. The average Bonchev–Trinajstić information content (AvgIpc) is 2.25. The molecule has 1 atom stereocenters. The van der Waals surface area contributed by atoms with Crippen molar-refractivity contribution in [1.82, 2.24) is 0 Å². The molecule has 0 aliphatic rings. The maximum atomic E-state index is 12.3. The van der Waals surface area contributed by atoms with E-state index in [4.69, 9.17) is 11.6 Å². The molecule has 1 unspecified atom stereocenters. The van der Waals surface area contributed by atoms with Crippen LogP contribution in [-0.2, 0) is 4.79 Å². The molecule has 1 nitrogen and oxygen atoms in total. The van der Waals surface area contributed by atoms with Gasteiger partial charge < -0.3 is 0 Å². The van der Waals surface area contributed by atoms with Crippen molar-refractivity contribution in [2.45, 2.75) is 27.6 Å². The van der Waals surface area contributed by atoms with Crippen molar-refractivity contribution < 1.29 is 18.0 Å². The number of thioether (sulfide) groups is 2. The molecule has 0 saturated carbocycles. The first-order valence-electron chi connectivity index (χ1n) is 4.83. The molecule has 0 radical (unpaired) electrons. The van der Waals surface area contributed by atoms with Crippen LogP contribution in [0.2, 0.25) is 0 Å². The second-order valence-corrected chi connectivity index (χ2v) is 5.85. The van der Waals surface area contributed by atoms with E-state index >= 15 is 0 Å². The minimum absolute atomic E-state index is 0.0298. The van der Waals surface area contributed by atoms with Gasteiger partial charge in [0, 0.05) is 9.79 Å². The highest BCUT2D eigenvalue weighted by atomic mass is 35.5. The van der Waals surface area contributed by atoms with E-state index < -0.39 is 10.9 Å². The lowest BCUT2D eigenvalue weighted by Crippen LogP contribution is -2.04. The molecule has 100 valence electrons. The molecule has 0 fully saturated rings. The number of hydrogen-bond donors (Lipinski definition) is 0. The van der Waals surface area contributed by atoms with Crippen LogP contribution in [0.4, 0.5) is 13.2 Å². The van der Waals surface area contributed by atoms with E-state index in [2.05, 4.69) is 0 Å². The topological polar surface area (TPSA) is 17.1 Å². The summed E-state index contributed by atoms with van der Waals surface area (Å²) in [7, 11) is 0. The second-order valence-electron chi connectivity index (χ2n) is 3.42. The first-order valence-corrected chi connectivity index (χ1v) is 7.30. The molecule has 18 heavy (non-hydrogen) atoms. The molecule has 1 aromatic rings. The smallest absolute Gasteiger partial charge is 0.298 e. The van der Waals surface area contributed by atoms with Gasteiger partial charge in [-0.25, -0.2) is 0 Å². The fourth-order valence-corrected chi connectivity index (χ4v) is 2.78. The van der Waals surface area contributed by atoms with Crippen LogP contribution in [0, 0.1) is 0 Å². The largest absolute Gasteiger partial charge is 0.446 e. The van der Waals surface area contributed by atoms with Crippen molar-refractivity contribution in [2.24, 2.45) is 0 Å².